The maximum absolute atomic E-state index is 2.75. The lowest BCUT2D eigenvalue weighted by Gasteiger charge is -2.45. The van der Waals surface area contributed by atoms with E-state index in [0.717, 1.165) is 6.04 Å². The van der Waals surface area contributed by atoms with Crippen LogP contribution in [0.15, 0.2) is 0 Å². The summed E-state index contributed by atoms with van der Waals surface area (Å²) >= 11 is 0. The summed E-state index contributed by atoms with van der Waals surface area (Å²) in [6, 6.07) is 0.869. The van der Waals surface area contributed by atoms with Crippen LogP contribution in [0.1, 0.15) is 71.1 Å². The Hall–Kier alpha value is -0.0800. The third-order valence-corrected chi connectivity index (χ3v) is 4.43. The maximum Gasteiger partial charge on any atom is 0.0245 e. The summed E-state index contributed by atoms with van der Waals surface area (Å²) in [4.78, 5) is 0. The molecule has 0 aliphatic carbocycles. The van der Waals surface area contributed by atoms with Gasteiger partial charge in [-0.15, -0.1) is 0 Å². The molecule has 0 spiro atoms. The lowest BCUT2D eigenvalue weighted by atomic mass is 9.98. The van der Waals surface area contributed by atoms with Gasteiger partial charge in [0.15, 0.2) is 0 Å². The van der Waals surface area contributed by atoms with Gasteiger partial charge in [-0.1, -0.05) is 39.0 Å². The van der Waals surface area contributed by atoms with Crippen LogP contribution in [0.4, 0.5) is 0 Å². The highest BCUT2D eigenvalue weighted by Gasteiger charge is 2.27. The third kappa shape index (κ3) is 3.96. The Kier molecular flexibility index (Phi) is 5.79. The van der Waals surface area contributed by atoms with Crippen molar-refractivity contribution in [3.05, 3.63) is 0 Å². The number of hydrazine groups is 1. The van der Waals surface area contributed by atoms with Gasteiger partial charge in [-0.05, 0) is 32.1 Å². The van der Waals surface area contributed by atoms with E-state index in [1.807, 2.05) is 0 Å². The Balaban J connectivity index is 1.82. The minimum atomic E-state index is 0.869. The molecule has 2 heterocycles. The van der Waals surface area contributed by atoms with Gasteiger partial charge in [0.2, 0.25) is 0 Å². The molecule has 2 fully saturated rings. The second-order valence-corrected chi connectivity index (χ2v) is 5.82. The number of nitrogens with zero attached hydrogens (tertiary/aromatic N) is 2. The zero-order valence-corrected chi connectivity index (χ0v) is 11.7. The first-order valence-corrected chi connectivity index (χ1v) is 7.93. The van der Waals surface area contributed by atoms with Gasteiger partial charge in [0.25, 0.3) is 0 Å². The van der Waals surface area contributed by atoms with E-state index in [1.165, 1.54) is 83.8 Å². The smallest absolute Gasteiger partial charge is 0.0245 e. The Bertz CT molecular complexity index is 199. The van der Waals surface area contributed by atoms with Crippen molar-refractivity contribution < 1.29 is 0 Å². The maximum atomic E-state index is 2.75. The fraction of sp³-hybridized carbons (Fsp3) is 1.00. The molecule has 0 aromatic heterocycles. The highest BCUT2D eigenvalue weighted by Crippen LogP contribution is 2.25. The molecule has 1 atom stereocenters. The Morgan fingerprint density at radius 1 is 0.882 bits per heavy atom. The van der Waals surface area contributed by atoms with Gasteiger partial charge in [0, 0.05) is 25.7 Å². The van der Waals surface area contributed by atoms with Crippen LogP contribution < -0.4 is 0 Å². The quantitative estimate of drug-likeness (QED) is 0.672. The number of piperidine rings is 2. The van der Waals surface area contributed by atoms with Crippen molar-refractivity contribution in [1.82, 2.24) is 10.0 Å². The van der Waals surface area contributed by atoms with Crippen molar-refractivity contribution in [1.29, 1.82) is 0 Å². The summed E-state index contributed by atoms with van der Waals surface area (Å²) in [7, 11) is 0. The van der Waals surface area contributed by atoms with Crippen molar-refractivity contribution in [2.75, 3.05) is 19.6 Å². The predicted octanol–water partition coefficient (Wildman–Crippen LogP) is 3.82. The molecule has 0 amide bonds. The van der Waals surface area contributed by atoms with Crippen molar-refractivity contribution >= 4 is 0 Å². The largest absolute Gasteiger partial charge is 0.242 e. The van der Waals surface area contributed by atoms with Gasteiger partial charge < -0.3 is 0 Å². The van der Waals surface area contributed by atoms with Gasteiger partial charge in [0.1, 0.15) is 0 Å². The van der Waals surface area contributed by atoms with Crippen molar-refractivity contribution in [2.45, 2.75) is 77.2 Å². The van der Waals surface area contributed by atoms with Gasteiger partial charge in [-0.2, -0.15) is 0 Å². The highest BCUT2D eigenvalue weighted by molar-refractivity contribution is 4.77. The summed E-state index contributed by atoms with van der Waals surface area (Å²) < 4.78 is 0. The van der Waals surface area contributed by atoms with Gasteiger partial charge in [-0.25, -0.2) is 10.0 Å². The first-order chi connectivity index (χ1) is 8.42. The molecule has 0 bridgehead atoms. The summed E-state index contributed by atoms with van der Waals surface area (Å²) in [5.41, 5.74) is 0. The van der Waals surface area contributed by atoms with Crippen LogP contribution in [0.2, 0.25) is 0 Å². The van der Waals surface area contributed by atoms with Crippen LogP contribution in [-0.4, -0.2) is 35.7 Å². The molecule has 2 rings (SSSR count). The normalized spacial score (nSPS) is 28.4. The molecular formula is C15H30N2. The van der Waals surface area contributed by atoms with E-state index in [-0.39, 0.29) is 0 Å². The molecule has 2 heteroatoms. The predicted molar refractivity (Wildman–Crippen MR) is 73.9 cm³/mol. The number of hydrogen-bond acceptors (Lipinski definition) is 2. The van der Waals surface area contributed by atoms with Crippen LogP contribution in [0, 0.1) is 0 Å². The molecule has 0 aromatic carbocycles. The van der Waals surface area contributed by atoms with E-state index < -0.39 is 0 Å². The Morgan fingerprint density at radius 2 is 1.65 bits per heavy atom. The number of rotatable bonds is 5. The second-order valence-electron chi connectivity index (χ2n) is 5.82. The molecule has 100 valence electrons. The monoisotopic (exact) mass is 238 g/mol. The van der Waals surface area contributed by atoms with Gasteiger partial charge >= 0.3 is 0 Å². The summed E-state index contributed by atoms with van der Waals surface area (Å²) in [5.74, 6) is 0. The van der Waals surface area contributed by atoms with Gasteiger partial charge in [-0.3, -0.25) is 0 Å². The molecule has 0 aromatic rings. The number of unbranched alkanes of at least 4 members (excludes halogenated alkanes) is 2. The van der Waals surface area contributed by atoms with Crippen LogP contribution in [0.25, 0.3) is 0 Å². The molecule has 0 radical (unpaired) electrons. The molecule has 2 aliphatic heterocycles. The average Bonchev–Trinajstić information content (AvgIpc) is 2.41. The molecular weight excluding hydrogens is 208 g/mol. The molecule has 2 saturated heterocycles. The van der Waals surface area contributed by atoms with E-state index in [4.69, 9.17) is 0 Å². The standard InChI is InChI=1S/C15H30N2/c1-2-3-5-10-15-11-6-9-14-17(15)16-12-7-4-8-13-16/h15H,2-14H2,1H3. The summed E-state index contributed by atoms with van der Waals surface area (Å²) in [5, 5.41) is 5.43. The fourth-order valence-corrected chi connectivity index (χ4v) is 3.42. The molecule has 0 N–H and O–H groups in total. The topological polar surface area (TPSA) is 6.48 Å². The van der Waals surface area contributed by atoms with Crippen LogP contribution in [0.5, 0.6) is 0 Å². The number of hydrogen-bond donors (Lipinski definition) is 0. The summed E-state index contributed by atoms with van der Waals surface area (Å²) in [6.07, 6.45) is 14.2. The van der Waals surface area contributed by atoms with Crippen molar-refractivity contribution in [3.8, 4) is 0 Å². The van der Waals surface area contributed by atoms with E-state index in [0.29, 0.717) is 0 Å². The molecule has 17 heavy (non-hydrogen) atoms. The zero-order valence-electron chi connectivity index (χ0n) is 11.7. The first-order valence-electron chi connectivity index (χ1n) is 7.93. The third-order valence-electron chi connectivity index (χ3n) is 4.43. The van der Waals surface area contributed by atoms with Crippen molar-refractivity contribution in [2.24, 2.45) is 0 Å². The van der Waals surface area contributed by atoms with Gasteiger partial charge in [0.05, 0.1) is 0 Å². The SMILES string of the molecule is CCCCCC1CCCCN1N1CCCCC1. The highest BCUT2D eigenvalue weighted by atomic mass is 15.6. The fourth-order valence-electron chi connectivity index (χ4n) is 3.42. The minimum Gasteiger partial charge on any atom is -0.242 e. The van der Waals surface area contributed by atoms with Crippen LogP contribution in [-0.2, 0) is 0 Å². The summed E-state index contributed by atoms with van der Waals surface area (Å²) in [6.45, 7) is 6.29. The van der Waals surface area contributed by atoms with E-state index in [9.17, 15) is 0 Å². The first kappa shape index (κ1) is 13.4. The Morgan fingerprint density at radius 3 is 2.41 bits per heavy atom. The lowest BCUT2D eigenvalue weighted by Crippen LogP contribution is -2.52. The average molecular weight is 238 g/mol. The zero-order chi connectivity index (χ0) is 11.9. The Labute approximate surface area is 107 Å². The van der Waals surface area contributed by atoms with Crippen LogP contribution >= 0.6 is 0 Å². The molecule has 0 saturated carbocycles. The second kappa shape index (κ2) is 7.38. The molecule has 2 nitrogen and oxygen atoms in total. The van der Waals surface area contributed by atoms with E-state index in [1.54, 1.807) is 0 Å². The minimum absolute atomic E-state index is 0.869. The van der Waals surface area contributed by atoms with Crippen molar-refractivity contribution in [3.63, 3.8) is 0 Å². The molecule has 1 unspecified atom stereocenters. The van der Waals surface area contributed by atoms with Crippen LogP contribution in [0.3, 0.4) is 0 Å². The van der Waals surface area contributed by atoms with E-state index >= 15 is 0 Å². The van der Waals surface area contributed by atoms with E-state index in [2.05, 4.69) is 16.9 Å². The molecule has 2 aliphatic rings. The lowest BCUT2D eigenvalue weighted by molar-refractivity contribution is -0.0910.